The summed E-state index contributed by atoms with van der Waals surface area (Å²) in [7, 11) is 0. The lowest BCUT2D eigenvalue weighted by molar-refractivity contribution is -0.151. The maximum Gasteiger partial charge on any atom is 0.242 e. The van der Waals surface area contributed by atoms with Crippen molar-refractivity contribution in [3.05, 3.63) is 35.9 Å². The molecule has 1 aliphatic carbocycles. The van der Waals surface area contributed by atoms with E-state index in [-0.39, 0.29) is 30.3 Å². The topological polar surface area (TPSA) is 40.6 Å². The molecule has 2 amide bonds. The molecule has 0 N–H and O–H groups in total. The van der Waals surface area contributed by atoms with Gasteiger partial charge in [0.25, 0.3) is 0 Å². The summed E-state index contributed by atoms with van der Waals surface area (Å²) in [5.41, 5.74) is 1.11. The highest BCUT2D eigenvalue weighted by Gasteiger charge is 2.36. The van der Waals surface area contributed by atoms with E-state index in [1.807, 2.05) is 34.9 Å². The van der Waals surface area contributed by atoms with Gasteiger partial charge in [-0.15, -0.1) is 0 Å². The molecule has 4 nitrogen and oxygen atoms in total. The summed E-state index contributed by atoms with van der Waals surface area (Å²) in [5.74, 6) is 0.382. The number of likely N-dealkylation sites (N-methyl/N-ethyl adjacent to an activating group) is 1. The first-order valence-electron chi connectivity index (χ1n) is 8.84. The second-order valence-corrected chi connectivity index (χ2v) is 6.66. The van der Waals surface area contributed by atoms with Gasteiger partial charge in [-0.25, -0.2) is 0 Å². The van der Waals surface area contributed by atoms with E-state index in [9.17, 15) is 9.59 Å². The highest BCUT2D eigenvalue weighted by Crippen LogP contribution is 2.30. The lowest BCUT2D eigenvalue weighted by Crippen LogP contribution is -2.54. The van der Waals surface area contributed by atoms with Crippen LogP contribution in [0.4, 0.5) is 0 Å². The molecule has 1 aromatic rings. The average Bonchev–Trinajstić information content (AvgIpc) is 2.62. The molecule has 0 spiro atoms. The summed E-state index contributed by atoms with van der Waals surface area (Å²) in [6.07, 6.45) is 5.48. The molecule has 1 atom stereocenters. The third-order valence-electron chi connectivity index (χ3n) is 5.21. The van der Waals surface area contributed by atoms with Crippen LogP contribution in [0.25, 0.3) is 0 Å². The molecule has 2 aliphatic rings. The normalized spacial score (nSPS) is 23.2. The molecule has 1 unspecified atom stereocenters. The van der Waals surface area contributed by atoms with Crippen LogP contribution >= 0.6 is 0 Å². The molecule has 23 heavy (non-hydrogen) atoms. The molecule has 4 heteroatoms. The molecule has 0 bridgehead atoms. The van der Waals surface area contributed by atoms with Gasteiger partial charge in [-0.3, -0.25) is 9.59 Å². The van der Waals surface area contributed by atoms with Crippen molar-refractivity contribution in [1.29, 1.82) is 0 Å². The molecule has 3 rings (SSSR count). The monoisotopic (exact) mass is 314 g/mol. The quantitative estimate of drug-likeness (QED) is 0.860. The van der Waals surface area contributed by atoms with E-state index in [0.29, 0.717) is 13.1 Å². The third kappa shape index (κ3) is 3.41. The highest BCUT2D eigenvalue weighted by molar-refractivity contribution is 5.87. The predicted molar refractivity (Wildman–Crippen MR) is 89.7 cm³/mol. The summed E-state index contributed by atoms with van der Waals surface area (Å²) in [6, 6.07) is 10.1. The van der Waals surface area contributed by atoms with E-state index in [2.05, 4.69) is 12.1 Å². The van der Waals surface area contributed by atoms with Gasteiger partial charge < -0.3 is 9.80 Å². The van der Waals surface area contributed by atoms with Crippen molar-refractivity contribution < 1.29 is 9.59 Å². The van der Waals surface area contributed by atoms with Crippen molar-refractivity contribution in [1.82, 2.24) is 9.80 Å². The zero-order chi connectivity index (χ0) is 16.2. The van der Waals surface area contributed by atoms with Gasteiger partial charge in [-0.1, -0.05) is 49.6 Å². The van der Waals surface area contributed by atoms with Crippen LogP contribution in [-0.2, 0) is 9.59 Å². The Kier molecular flexibility index (Phi) is 4.99. The number of piperazine rings is 1. The van der Waals surface area contributed by atoms with Crippen LogP contribution in [0.5, 0.6) is 0 Å². The fourth-order valence-corrected chi connectivity index (χ4v) is 3.93. The van der Waals surface area contributed by atoms with E-state index < -0.39 is 0 Å². The first-order chi connectivity index (χ1) is 11.2. The Balaban J connectivity index is 1.78. The lowest BCUT2D eigenvalue weighted by atomic mass is 9.87. The molecule has 2 fully saturated rings. The third-order valence-corrected chi connectivity index (χ3v) is 5.21. The van der Waals surface area contributed by atoms with Crippen LogP contribution < -0.4 is 0 Å². The SMILES string of the molecule is CCN1C(=O)CN(C(=O)C2CCCCC2)CC1c1ccccc1. The maximum atomic E-state index is 12.8. The summed E-state index contributed by atoms with van der Waals surface area (Å²) in [6.45, 7) is 3.56. The summed E-state index contributed by atoms with van der Waals surface area (Å²) in [5, 5.41) is 0. The Morgan fingerprint density at radius 3 is 2.48 bits per heavy atom. The van der Waals surface area contributed by atoms with Crippen molar-refractivity contribution in [3.8, 4) is 0 Å². The van der Waals surface area contributed by atoms with Crippen molar-refractivity contribution >= 4 is 11.8 Å². The molecular formula is C19H26N2O2. The van der Waals surface area contributed by atoms with E-state index in [1.54, 1.807) is 0 Å². The van der Waals surface area contributed by atoms with Crippen molar-refractivity contribution in [2.75, 3.05) is 19.6 Å². The minimum Gasteiger partial charge on any atom is -0.333 e. The van der Waals surface area contributed by atoms with E-state index in [1.165, 1.54) is 6.42 Å². The minimum absolute atomic E-state index is 0.0185. The van der Waals surface area contributed by atoms with Gasteiger partial charge in [0, 0.05) is 19.0 Å². The number of carbonyl (C=O) groups excluding carboxylic acids is 2. The molecule has 1 aromatic carbocycles. The van der Waals surface area contributed by atoms with Gasteiger partial charge in [0.15, 0.2) is 0 Å². The van der Waals surface area contributed by atoms with Gasteiger partial charge in [0.2, 0.25) is 11.8 Å². The molecule has 124 valence electrons. The Bertz CT molecular complexity index is 552. The van der Waals surface area contributed by atoms with Crippen molar-refractivity contribution in [3.63, 3.8) is 0 Å². The van der Waals surface area contributed by atoms with Crippen molar-refractivity contribution in [2.24, 2.45) is 5.92 Å². The van der Waals surface area contributed by atoms with Crippen LogP contribution in [0.15, 0.2) is 30.3 Å². The Labute approximate surface area is 138 Å². The molecule has 1 saturated carbocycles. The van der Waals surface area contributed by atoms with Crippen LogP contribution in [0, 0.1) is 5.92 Å². The van der Waals surface area contributed by atoms with E-state index in [0.717, 1.165) is 31.2 Å². The first-order valence-corrected chi connectivity index (χ1v) is 8.84. The van der Waals surface area contributed by atoms with Gasteiger partial charge in [0.05, 0.1) is 12.6 Å². The number of benzene rings is 1. The Hall–Kier alpha value is -1.84. The smallest absolute Gasteiger partial charge is 0.242 e. The fourth-order valence-electron chi connectivity index (χ4n) is 3.93. The Morgan fingerprint density at radius 2 is 1.83 bits per heavy atom. The summed E-state index contributed by atoms with van der Waals surface area (Å²) >= 11 is 0. The number of amides is 2. The van der Waals surface area contributed by atoms with Crippen LogP contribution in [0.2, 0.25) is 0 Å². The first kappa shape index (κ1) is 16.0. The van der Waals surface area contributed by atoms with Gasteiger partial charge in [-0.2, -0.15) is 0 Å². The molecule has 0 radical (unpaired) electrons. The van der Waals surface area contributed by atoms with Gasteiger partial charge in [-0.05, 0) is 25.3 Å². The Morgan fingerprint density at radius 1 is 1.13 bits per heavy atom. The molecule has 1 saturated heterocycles. The number of hydrogen-bond acceptors (Lipinski definition) is 2. The van der Waals surface area contributed by atoms with Crippen LogP contribution in [0.1, 0.15) is 50.6 Å². The second-order valence-electron chi connectivity index (χ2n) is 6.66. The largest absolute Gasteiger partial charge is 0.333 e. The summed E-state index contributed by atoms with van der Waals surface area (Å²) in [4.78, 5) is 29.1. The minimum atomic E-state index is -0.0185. The lowest BCUT2D eigenvalue weighted by Gasteiger charge is -2.42. The van der Waals surface area contributed by atoms with Crippen molar-refractivity contribution in [2.45, 2.75) is 45.1 Å². The highest BCUT2D eigenvalue weighted by atomic mass is 16.2. The molecule has 1 heterocycles. The van der Waals surface area contributed by atoms with E-state index in [4.69, 9.17) is 0 Å². The van der Waals surface area contributed by atoms with Crippen LogP contribution in [0.3, 0.4) is 0 Å². The van der Waals surface area contributed by atoms with Crippen LogP contribution in [-0.4, -0.2) is 41.2 Å². The number of nitrogens with zero attached hydrogens (tertiary/aromatic N) is 2. The number of rotatable bonds is 3. The molecule has 0 aromatic heterocycles. The fraction of sp³-hybridized carbons (Fsp3) is 0.579. The summed E-state index contributed by atoms with van der Waals surface area (Å²) < 4.78 is 0. The number of hydrogen-bond donors (Lipinski definition) is 0. The molecular weight excluding hydrogens is 288 g/mol. The van der Waals surface area contributed by atoms with Gasteiger partial charge >= 0.3 is 0 Å². The number of carbonyl (C=O) groups is 2. The average molecular weight is 314 g/mol. The molecule has 1 aliphatic heterocycles. The standard InChI is InChI=1S/C19H26N2O2/c1-2-21-17(15-9-5-3-6-10-15)13-20(14-18(21)22)19(23)16-11-7-4-8-12-16/h3,5-6,9-10,16-17H,2,4,7-8,11-14H2,1H3. The van der Waals surface area contributed by atoms with E-state index >= 15 is 0 Å². The zero-order valence-corrected chi connectivity index (χ0v) is 13.9. The zero-order valence-electron chi connectivity index (χ0n) is 13.9. The maximum absolute atomic E-state index is 12.8. The van der Waals surface area contributed by atoms with Gasteiger partial charge in [0.1, 0.15) is 0 Å². The second kappa shape index (κ2) is 7.16. The predicted octanol–water partition coefficient (Wildman–Crippen LogP) is 3.00.